The van der Waals surface area contributed by atoms with E-state index in [9.17, 15) is 15.3 Å². The van der Waals surface area contributed by atoms with Crippen LogP contribution in [0.5, 0.6) is 34.5 Å². The van der Waals surface area contributed by atoms with Gasteiger partial charge in [0.05, 0.1) is 39.1 Å². The highest BCUT2D eigenvalue weighted by Gasteiger charge is 2.49. The minimum atomic E-state index is -0.746. The van der Waals surface area contributed by atoms with Crippen molar-refractivity contribution in [2.75, 3.05) is 34.0 Å². The van der Waals surface area contributed by atoms with Crippen LogP contribution in [0.2, 0.25) is 0 Å². The lowest BCUT2D eigenvalue weighted by molar-refractivity contribution is -0.197. The first-order valence-electron chi connectivity index (χ1n) is 27.5. The summed E-state index contributed by atoms with van der Waals surface area (Å²) in [5, 5.41) is 20.4. The summed E-state index contributed by atoms with van der Waals surface area (Å²) < 4.78 is 29.7. The molecule has 0 N–H and O–H groups in total. The molecule has 73 heavy (non-hydrogen) atoms. The molecule has 0 fully saturated rings. The number of aryl methyl sites for hydroxylation is 2. The zero-order valence-electron chi connectivity index (χ0n) is 44.3. The molecule has 2 aliphatic carbocycles. The smallest absolute Gasteiger partial charge is 0.354 e. The van der Waals surface area contributed by atoms with Crippen molar-refractivity contribution in [3.63, 3.8) is 0 Å². The second kappa shape index (κ2) is 30.7. The van der Waals surface area contributed by atoms with Gasteiger partial charge >= 0.3 is 5.97 Å². The van der Waals surface area contributed by atoms with Crippen LogP contribution in [0.1, 0.15) is 188 Å². The molecule has 0 aliphatic heterocycles. The highest BCUT2D eigenvalue weighted by atomic mass is 17.2. The Morgan fingerprint density at radius 3 is 1.49 bits per heavy atom. The summed E-state index contributed by atoms with van der Waals surface area (Å²) in [7, 11) is 3.20. The number of methoxy groups -OCH3 is 2. The van der Waals surface area contributed by atoms with E-state index in [-0.39, 0.29) is 12.2 Å². The molecule has 10 nitrogen and oxygen atoms in total. The summed E-state index contributed by atoms with van der Waals surface area (Å²) in [6.45, 7) is 5.64. The Balaban J connectivity index is 1.04. The average Bonchev–Trinajstić information content (AvgIpc) is 3.99. The predicted octanol–water partition coefficient (Wildman–Crippen LogP) is 15.9. The van der Waals surface area contributed by atoms with Crippen LogP contribution in [0.4, 0.5) is 0 Å². The number of rotatable bonds is 34. The van der Waals surface area contributed by atoms with Crippen LogP contribution >= 0.6 is 0 Å². The third kappa shape index (κ3) is 16.4. The molecule has 1 spiro atoms. The minimum Gasteiger partial charge on any atom is -0.493 e. The van der Waals surface area contributed by atoms with Gasteiger partial charge in [-0.05, 0) is 109 Å². The molecule has 0 aromatic heterocycles. The normalized spacial score (nSPS) is 14.8. The van der Waals surface area contributed by atoms with E-state index in [0.29, 0.717) is 58.8 Å². The maximum atomic E-state index is 13.9. The molecule has 4 aromatic carbocycles. The first kappa shape index (κ1) is 56.1. The van der Waals surface area contributed by atoms with E-state index in [1.54, 1.807) is 32.4 Å². The van der Waals surface area contributed by atoms with E-state index in [1.165, 1.54) is 109 Å². The van der Waals surface area contributed by atoms with Crippen molar-refractivity contribution in [1.29, 1.82) is 10.5 Å². The molecule has 10 heteroatoms. The van der Waals surface area contributed by atoms with Crippen molar-refractivity contribution in [1.82, 2.24) is 0 Å². The zero-order chi connectivity index (χ0) is 51.5. The molecular formula is C63H80N2O8. The molecule has 0 radical (unpaired) electrons. The Morgan fingerprint density at radius 1 is 0.548 bits per heavy atom. The van der Waals surface area contributed by atoms with Crippen molar-refractivity contribution in [2.45, 2.75) is 173 Å². The van der Waals surface area contributed by atoms with Crippen molar-refractivity contribution in [3.05, 3.63) is 117 Å². The summed E-state index contributed by atoms with van der Waals surface area (Å²) in [5.41, 5.74) is 5.21. The number of fused-ring (bicyclic) bond motifs is 4. The largest absolute Gasteiger partial charge is 0.493 e. The van der Waals surface area contributed by atoms with E-state index in [4.69, 9.17) is 33.5 Å². The number of hydrogen-bond donors (Lipinski definition) is 0. The molecule has 1 unspecified atom stereocenters. The second-order valence-corrected chi connectivity index (χ2v) is 19.7. The molecule has 390 valence electrons. The summed E-state index contributed by atoms with van der Waals surface area (Å²) >= 11 is 0. The van der Waals surface area contributed by atoms with Gasteiger partial charge < -0.3 is 28.6 Å². The summed E-state index contributed by atoms with van der Waals surface area (Å²) in [6, 6.07) is 27.1. The average molecular weight is 993 g/mol. The maximum absolute atomic E-state index is 13.9. The molecule has 0 heterocycles. The lowest BCUT2D eigenvalue weighted by atomic mass is 9.76. The standard InChI is InChI=1S/C63H80N2O8/c1-5-7-9-11-13-15-17-19-21-23-39-69-54-33-31-48(43-58(54)67-3)41-50(45-64)47-71-73-57-30-26-28-52-36-38-63(61(52)57)37-35-51-27-25-29-56(60(51)63)72-62(66)53(46-65)42-49-32-34-55(59(44-49)68-4)70-40-24-22-20-18-16-14-12-10-8-6-2/h25-34,41-44H,5-24,35-40,47H2,1-4H3/b50-41+,53-42?. The molecule has 4 aromatic rings. The van der Waals surface area contributed by atoms with Gasteiger partial charge in [-0.2, -0.15) is 15.4 Å². The van der Waals surface area contributed by atoms with Crippen LogP contribution in [0, 0.1) is 22.7 Å². The number of ether oxygens (including phenoxy) is 5. The van der Waals surface area contributed by atoms with E-state index >= 15 is 0 Å². The van der Waals surface area contributed by atoms with Gasteiger partial charge in [0.15, 0.2) is 28.7 Å². The van der Waals surface area contributed by atoms with Crippen LogP contribution < -0.4 is 28.6 Å². The van der Waals surface area contributed by atoms with E-state index < -0.39 is 11.4 Å². The number of esters is 1. The molecule has 0 saturated heterocycles. The second-order valence-electron chi connectivity index (χ2n) is 19.7. The van der Waals surface area contributed by atoms with Gasteiger partial charge in [-0.3, -0.25) is 0 Å². The Bertz CT molecular complexity index is 2510. The van der Waals surface area contributed by atoms with Crippen molar-refractivity contribution >= 4 is 18.1 Å². The number of carbonyl (C=O) groups is 1. The Hall–Kier alpha value is -6.23. The SMILES string of the molecule is CCCCCCCCCCCCOc1ccc(C=C(C#N)C(=O)Oc2cccc3c2C2(CCc4cccc(OOC/C(C#N)=C/c5ccc(OCCCCCCCCCCCC)c(OC)c5)c42)CC3)cc1OC. The van der Waals surface area contributed by atoms with Crippen LogP contribution in [-0.4, -0.2) is 40.0 Å². The van der Waals surface area contributed by atoms with Gasteiger partial charge in [0.1, 0.15) is 24.0 Å². The summed E-state index contributed by atoms with van der Waals surface area (Å²) in [4.78, 5) is 25.8. The molecular weight excluding hydrogens is 913 g/mol. The monoisotopic (exact) mass is 993 g/mol. The van der Waals surface area contributed by atoms with Gasteiger partial charge in [-0.15, -0.1) is 0 Å². The number of hydrogen-bond acceptors (Lipinski definition) is 10. The van der Waals surface area contributed by atoms with Gasteiger partial charge in [0.25, 0.3) is 0 Å². The fraction of sp³-hybridized carbons (Fsp3) is 0.508. The van der Waals surface area contributed by atoms with Crippen LogP contribution in [0.3, 0.4) is 0 Å². The Kier molecular flexibility index (Phi) is 23.6. The third-order valence-corrected chi connectivity index (χ3v) is 14.4. The molecule has 0 saturated carbocycles. The van der Waals surface area contributed by atoms with Gasteiger partial charge in [-0.1, -0.05) is 166 Å². The number of nitrogens with zero attached hydrogens (tertiary/aromatic N) is 2. The van der Waals surface area contributed by atoms with Gasteiger partial charge in [0, 0.05) is 16.5 Å². The fourth-order valence-corrected chi connectivity index (χ4v) is 10.5. The van der Waals surface area contributed by atoms with Crippen molar-refractivity contribution < 1.29 is 38.3 Å². The van der Waals surface area contributed by atoms with E-state index in [0.717, 1.165) is 79.2 Å². The number of benzene rings is 4. The lowest BCUT2D eigenvalue weighted by Crippen LogP contribution is -2.24. The van der Waals surface area contributed by atoms with Crippen molar-refractivity contribution in [3.8, 4) is 46.6 Å². The Labute approximate surface area is 436 Å². The maximum Gasteiger partial charge on any atom is 0.354 e. The van der Waals surface area contributed by atoms with Crippen LogP contribution in [-0.2, 0) is 27.9 Å². The number of unbranched alkanes of at least 4 members (excludes halogenated alkanes) is 18. The topological polar surface area (TPSA) is 129 Å². The predicted molar refractivity (Wildman–Crippen MR) is 290 cm³/mol. The first-order valence-corrected chi connectivity index (χ1v) is 27.5. The van der Waals surface area contributed by atoms with E-state index in [1.807, 2.05) is 48.5 Å². The van der Waals surface area contributed by atoms with Crippen LogP contribution in [0.25, 0.3) is 12.2 Å². The van der Waals surface area contributed by atoms with E-state index in [2.05, 4.69) is 38.1 Å². The number of carbonyl (C=O) groups excluding carboxylic acids is 1. The molecule has 6 rings (SSSR count). The quantitative estimate of drug-likeness (QED) is 0.00848. The molecule has 0 bridgehead atoms. The molecule has 1 atom stereocenters. The summed E-state index contributed by atoms with van der Waals surface area (Å²) in [6.07, 6.45) is 31.6. The zero-order valence-corrected chi connectivity index (χ0v) is 44.3. The fourth-order valence-electron chi connectivity index (χ4n) is 10.5. The van der Waals surface area contributed by atoms with Gasteiger partial charge in [0.2, 0.25) is 0 Å². The lowest BCUT2D eigenvalue weighted by Gasteiger charge is -2.29. The summed E-state index contributed by atoms with van der Waals surface area (Å²) in [5.74, 6) is 2.65. The molecule has 0 amide bonds. The minimum absolute atomic E-state index is 0.0871. The molecule has 2 aliphatic rings. The van der Waals surface area contributed by atoms with Crippen LogP contribution in [0.15, 0.2) is 83.9 Å². The number of nitriles is 2. The third-order valence-electron chi connectivity index (χ3n) is 14.4. The highest BCUT2D eigenvalue weighted by molar-refractivity contribution is 5.99. The first-order chi connectivity index (χ1) is 35.9. The Morgan fingerprint density at radius 2 is 1.01 bits per heavy atom. The highest BCUT2D eigenvalue weighted by Crippen LogP contribution is 2.57. The van der Waals surface area contributed by atoms with Gasteiger partial charge in [-0.25, -0.2) is 4.79 Å². The van der Waals surface area contributed by atoms with Crippen molar-refractivity contribution in [2.24, 2.45) is 0 Å².